The maximum atomic E-state index is 10.6. The van der Waals surface area contributed by atoms with E-state index in [-0.39, 0.29) is 5.91 Å². The third kappa shape index (κ3) is 6.47. The van der Waals surface area contributed by atoms with Crippen molar-refractivity contribution in [3.8, 4) is 0 Å². The Morgan fingerprint density at radius 1 is 1.47 bits per heavy atom. The first kappa shape index (κ1) is 12.5. The van der Waals surface area contributed by atoms with Gasteiger partial charge in [0.25, 0.3) is 0 Å². The van der Waals surface area contributed by atoms with Crippen molar-refractivity contribution >= 4 is 5.91 Å². The van der Waals surface area contributed by atoms with Gasteiger partial charge in [-0.2, -0.15) is 0 Å². The molecule has 1 saturated heterocycles. The Morgan fingerprint density at radius 2 is 2.20 bits per heavy atom. The van der Waals surface area contributed by atoms with E-state index in [0.717, 1.165) is 45.7 Å². The fourth-order valence-electron chi connectivity index (χ4n) is 1.60. The smallest absolute Gasteiger partial charge is 0.216 e. The first-order valence-corrected chi connectivity index (χ1v) is 5.69. The fourth-order valence-corrected chi connectivity index (χ4v) is 1.60. The molecule has 88 valence electrons. The van der Waals surface area contributed by atoms with Crippen LogP contribution < -0.4 is 5.32 Å². The lowest BCUT2D eigenvalue weighted by molar-refractivity contribution is -0.119. The summed E-state index contributed by atoms with van der Waals surface area (Å²) < 4.78 is 10.8. The van der Waals surface area contributed by atoms with Crippen LogP contribution in [0.3, 0.4) is 0 Å². The van der Waals surface area contributed by atoms with Gasteiger partial charge in [0.2, 0.25) is 5.91 Å². The lowest BCUT2D eigenvalue weighted by Crippen LogP contribution is -2.23. The predicted octanol–water partition coefficient (Wildman–Crippen LogP) is 0.956. The Bertz CT molecular complexity index is 179. The third-order valence-corrected chi connectivity index (χ3v) is 2.53. The molecule has 0 bridgehead atoms. The van der Waals surface area contributed by atoms with Gasteiger partial charge >= 0.3 is 0 Å². The van der Waals surface area contributed by atoms with Crippen LogP contribution in [0.5, 0.6) is 0 Å². The SMILES string of the molecule is CC(=O)NCCCOCC1CCOCC1. The van der Waals surface area contributed by atoms with Crippen molar-refractivity contribution in [1.82, 2.24) is 5.32 Å². The second-order valence-electron chi connectivity index (χ2n) is 3.97. The van der Waals surface area contributed by atoms with Crippen LogP contribution in [0.4, 0.5) is 0 Å². The van der Waals surface area contributed by atoms with Gasteiger partial charge in [0, 0.05) is 39.9 Å². The number of rotatable bonds is 6. The second kappa shape index (κ2) is 7.65. The molecule has 1 aliphatic heterocycles. The van der Waals surface area contributed by atoms with Crippen molar-refractivity contribution in [3.63, 3.8) is 0 Å². The zero-order valence-electron chi connectivity index (χ0n) is 9.46. The van der Waals surface area contributed by atoms with E-state index in [1.54, 1.807) is 0 Å². The Morgan fingerprint density at radius 3 is 2.87 bits per heavy atom. The van der Waals surface area contributed by atoms with Crippen molar-refractivity contribution in [1.29, 1.82) is 0 Å². The highest BCUT2D eigenvalue weighted by Gasteiger charge is 2.13. The summed E-state index contributed by atoms with van der Waals surface area (Å²) >= 11 is 0. The Hall–Kier alpha value is -0.610. The molecule has 4 heteroatoms. The van der Waals surface area contributed by atoms with E-state index < -0.39 is 0 Å². The van der Waals surface area contributed by atoms with E-state index in [9.17, 15) is 4.79 Å². The molecule has 0 atom stereocenters. The van der Waals surface area contributed by atoms with Crippen molar-refractivity contribution in [2.24, 2.45) is 5.92 Å². The van der Waals surface area contributed by atoms with Crippen LogP contribution >= 0.6 is 0 Å². The molecule has 1 fully saturated rings. The predicted molar refractivity (Wildman–Crippen MR) is 57.7 cm³/mol. The first-order chi connectivity index (χ1) is 7.29. The van der Waals surface area contributed by atoms with Crippen molar-refractivity contribution < 1.29 is 14.3 Å². The minimum absolute atomic E-state index is 0.0272. The molecule has 0 aromatic heterocycles. The summed E-state index contributed by atoms with van der Waals surface area (Å²) in [7, 11) is 0. The van der Waals surface area contributed by atoms with E-state index in [0.29, 0.717) is 12.5 Å². The van der Waals surface area contributed by atoms with Crippen LogP contribution in [0.1, 0.15) is 26.2 Å². The monoisotopic (exact) mass is 215 g/mol. The lowest BCUT2D eigenvalue weighted by Gasteiger charge is -2.21. The van der Waals surface area contributed by atoms with E-state index in [2.05, 4.69) is 5.32 Å². The average Bonchev–Trinajstić information content (AvgIpc) is 2.24. The molecular formula is C11H21NO3. The molecule has 0 spiro atoms. The van der Waals surface area contributed by atoms with Gasteiger partial charge in [-0.05, 0) is 25.2 Å². The quantitative estimate of drug-likeness (QED) is 0.671. The van der Waals surface area contributed by atoms with Crippen LogP contribution in [0, 0.1) is 5.92 Å². The number of carbonyl (C=O) groups excluding carboxylic acids is 1. The molecular weight excluding hydrogens is 194 g/mol. The number of hydrogen-bond donors (Lipinski definition) is 1. The number of carbonyl (C=O) groups is 1. The van der Waals surface area contributed by atoms with Gasteiger partial charge in [-0.3, -0.25) is 4.79 Å². The zero-order chi connectivity index (χ0) is 10.9. The number of ether oxygens (including phenoxy) is 2. The minimum atomic E-state index is 0.0272. The highest BCUT2D eigenvalue weighted by molar-refractivity contribution is 5.72. The molecule has 0 saturated carbocycles. The molecule has 15 heavy (non-hydrogen) atoms. The summed E-state index contributed by atoms with van der Waals surface area (Å²) in [5, 5.41) is 2.75. The normalized spacial score (nSPS) is 17.7. The maximum Gasteiger partial charge on any atom is 0.216 e. The third-order valence-electron chi connectivity index (χ3n) is 2.53. The van der Waals surface area contributed by atoms with Crippen molar-refractivity contribution in [3.05, 3.63) is 0 Å². The number of amides is 1. The Balaban J connectivity index is 1.85. The topological polar surface area (TPSA) is 47.6 Å². The molecule has 0 aromatic carbocycles. The number of hydrogen-bond acceptors (Lipinski definition) is 3. The van der Waals surface area contributed by atoms with Gasteiger partial charge in [0.1, 0.15) is 0 Å². The molecule has 1 heterocycles. The Kier molecular flexibility index (Phi) is 6.36. The molecule has 1 aliphatic rings. The molecule has 1 rings (SSSR count). The molecule has 1 amide bonds. The van der Waals surface area contributed by atoms with E-state index >= 15 is 0 Å². The summed E-state index contributed by atoms with van der Waals surface area (Å²) in [6.07, 6.45) is 3.13. The molecule has 4 nitrogen and oxygen atoms in total. The van der Waals surface area contributed by atoms with E-state index in [1.165, 1.54) is 6.92 Å². The zero-order valence-corrected chi connectivity index (χ0v) is 9.46. The Labute approximate surface area is 91.3 Å². The molecule has 0 unspecified atom stereocenters. The van der Waals surface area contributed by atoms with E-state index in [4.69, 9.17) is 9.47 Å². The number of nitrogens with one attached hydrogen (secondary N) is 1. The minimum Gasteiger partial charge on any atom is -0.381 e. The average molecular weight is 215 g/mol. The van der Waals surface area contributed by atoms with Gasteiger partial charge in [0.15, 0.2) is 0 Å². The summed E-state index contributed by atoms with van der Waals surface area (Å²) in [4.78, 5) is 10.6. The second-order valence-corrected chi connectivity index (χ2v) is 3.97. The summed E-state index contributed by atoms with van der Waals surface area (Å²) in [5.41, 5.74) is 0. The lowest BCUT2D eigenvalue weighted by atomic mass is 10.0. The van der Waals surface area contributed by atoms with Crippen LogP contribution in [-0.2, 0) is 14.3 Å². The molecule has 1 N–H and O–H groups in total. The van der Waals surface area contributed by atoms with Crippen LogP contribution in [-0.4, -0.2) is 38.9 Å². The molecule has 0 aliphatic carbocycles. The highest BCUT2D eigenvalue weighted by atomic mass is 16.5. The summed E-state index contributed by atoms with van der Waals surface area (Å²) in [6, 6.07) is 0. The largest absolute Gasteiger partial charge is 0.381 e. The molecule has 0 aromatic rings. The van der Waals surface area contributed by atoms with Crippen LogP contribution in [0.2, 0.25) is 0 Å². The highest BCUT2D eigenvalue weighted by Crippen LogP contribution is 2.14. The van der Waals surface area contributed by atoms with E-state index in [1.807, 2.05) is 0 Å². The van der Waals surface area contributed by atoms with Crippen molar-refractivity contribution in [2.45, 2.75) is 26.2 Å². The summed E-state index contributed by atoms with van der Waals surface area (Å²) in [5.74, 6) is 0.693. The van der Waals surface area contributed by atoms with Gasteiger partial charge < -0.3 is 14.8 Å². The van der Waals surface area contributed by atoms with Gasteiger partial charge in [0.05, 0.1) is 0 Å². The van der Waals surface area contributed by atoms with Gasteiger partial charge in [-0.1, -0.05) is 0 Å². The van der Waals surface area contributed by atoms with Crippen molar-refractivity contribution in [2.75, 3.05) is 33.0 Å². The first-order valence-electron chi connectivity index (χ1n) is 5.69. The molecule has 0 radical (unpaired) electrons. The van der Waals surface area contributed by atoms with Crippen LogP contribution in [0.25, 0.3) is 0 Å². The maximum absolute atomic E-state index is 10.6. The standard InChI is InChI=1S/C11H21NO3/c1-10(13)12-5-2-6-15-9-11-3-7-14-8-4-11/h11H,2-9H2,1H3,(H,12,13). The van der Waals surface area contributed by atoms with Crippen LogP contribution in [0.15, 0.2) is 0 Å². The van der Waals surface area contributed by atoms with Gasteiger partial charge in [-0.15, -0.1) is 0 Å². The summed E-state index contributed by atoms with van der Waals surface area (Å²) in [6.45, 7) is 5.56. The van der Waals surface area contributed by atoms with Gasteiger partial charge in [-0.25, -0.2) is 0 Å². The fraction of sp³-hybridized carbons (Fsp3) is 0.909.